The maximum Gasteiger partial charge on any atom is 0.253 e. The average Bonchev–Trinajstić information content (AvgIpc) is 3.38. The molecule has 3 N–H and O–H groups in total. The summed E-state index contributed by atoms with van der Waals surface area (Å²) in [4.78, 5) is 26.9. The first-order valence-corrected chi connectivity index (χ1v) is 8.45. The Hall–Kier alpha value is -1.95. The topological polar surface area (TPSA) is 75.4 Å². The Kier molecular flexibility index (Phi) is 4.61. The highest BCUT2D eigenvalue weighted by atomic mass is 32.1. The van der Waals surface area contributed by atoms with Gasteiger partial charge in [-0.15, -0.1) is 0 Å². The molecule has 5 nitrogen and oxygen atoms in total. The number of thiocarbonyl (C=S) groups is 1. The highest BCUT2D eigenvalue weighted by Crippen LogP contribution is 2.23. The molecule has 1 saturated carbocycles. The smallest absolute Gasteiger partial charge is 0.253 e. The van der Waals surface area contributed by atoms with Crippen molar-refractivity contribution in [3.63, 3.8) is 0 Å². The molecular weight excluding hydrogens is 310 g/mol. The van der Waals surface area contributed by atoms with Crippen molar-refractivity contribution in [2.45, 2.75) is 31.7 Å². The summed E-state index contributed by atoms with van der Waals surface area (Å²) in [5, 5.41) is 3.04. The monoisotopic (exact) mass is 331 g/mol. The minimum Gasteiger partial charge on any atom is -0.389 e. The van der Waals surface area contributed by atoms with Crippen molar-refractivity contribution in [2.24, 2.45) is 11.7 Å². The lowest BCUT2D eigenvalue weighted by atomic mass is 9.96. The second-order valence-corrected chi connectivity index (χ2v) is 6.75. The molecular formula is C17H21N3O2S. The van der Waals surface area contributed by atoms with Gasteiger partial charge in [-0.05, 0) is 37.8 Å². The summed E-state index contributed by atoms with van der Waals surface area (Å²) in [5.41, 5.74) is 6.92. The molecule has 1 heterocycles. The van der Waals surface area contributed by atoms with Crippen LogP contribution >= 0.6 is 12.2 Å². The molecule has 2 aliphatic rings. The van der Waals surface area contributed by atoms with E-state index in [1.165, 1.54) is 0 Å². The molecule has 0 spiro atoms. The first-order chi connectivity index (χ1) is 11.0. The number of hydrogen-bond donors (Lipinski definition) is 2. The van der Waals surface area contributed by atoms with E-state index in [1.54, 1.807) is 29.2 Å². The largest absolute Gasteiger partial charge is 0.389 e. The van der Waals surface area contributed by atoms with E-state index < -0.39 is 0 Å². The minimum absolute atomic E-state index is 0.0385. The van der Waals surface area contributed by atoms with Gasteiger partial charge in [0.2, 0.25) is 5.91 Å². The zero-order valence-electron chi connectivity index (χ0n) is 13.0. The van der Waals surface area contributed by atoms with Crippen LogP contribution in [0.3, 0.4) is 0 Å². The maximum absolute atomic E-state index is 12.6. The number of carbonyl (C=O) groups is 2. The van der Waals surface area contributed by atoms with E-state index in [-0.39, 0.29) is 17.7 Å². The summed E-state index contributed by atoms with van der Waals surface area (Å²) < 4.78 is 0. The standard InChI is InChI=1S/C17H21N3O2S/c18-15(23)11-3-5-12(6-4-11)17(22)20-9-1-2-13(10-20)16(21)19-14-7-8-14/h3-6,13-14H,1-2,7-10H2,(H2,18,23)(H,19,21). The van der Waals surface area contributed by atoms with Gasteiger partial charge in [0.05, 0.1) is 5.92 Å². The van der Waals surface area contributed by atoms with Crippen molar-refractivity contribution in [2.75, 3.05) is 13.1 Å². The van der Waals surface area contributed by atoms with Crippen molar-refractivity contribution in [3.05, 3.63) is 35.4 Å². The zero-order valence-corrected chi connectivity index (χ0v) is 13.8. The molecule has 2 amide bonds. The van der Waals surface area contributed by atoms with E-state index in [1.807, 2.05) is 0 Å². The lowest BCUT2D eigenvalue weighted by molar-refractivity contribution is -0.126. The second kappa shape index (κ2) is 6.66. The Morgan fingerprint density at radius 1 is 1.13 bits per heavy atom. The van der Waals surface area contributed by atoms with Crippen LogP contribution in [-0.2, 0) is 4.79 Å². The Morgan fingerprint density at radius 2 is 1.78 bits per heavy atom. The molecule has 0 radical (unpaired) electrons. The summed E-state index contributed by atoms with van der Waals surface area (Å²) in [6, 6.07) is 7.37. The summed E-state index contributed by atoms with van der Waals surface area (Å²) in [5.74, 6) is -0.0403. The molecule has 3 rings (SSSR count). The van der Waals surface area contributed by atoms with E-state index in [0.29, 0.717) is 29.7 Å². The van der Waals surface area contributed by atoms with Crippen LogP contribution in [0.4, 0.5) is 0 Å². The van der Waals surface area contributed by atoms with Crippen molar-refractivity contribution in [1.29, 1.82) is 0 Å². The summed E-state index contributed by atoms with van der Waals surface area (Å²) in [6.45, 7) is 1.19. The van der Waals surface area contributed by atoms with Crippen LogP contribution in [0.1, 0.15) is 41.6 Å². The molecule has 1 aromatic carbocycles. The van der Waals surface area contributed by atoms with Crippen LogP contribution < -0.4 is 11.1 Å². The van der Waals surface area contributed by atoms with Gasteiger partial charge in [-0.3, -0.25) is 9.59 Å². The van der Waals surface area contributed by atoms with Gasteiger partial charge >= 0.3 is 0 Å². The molecule has 1 aliphatic carbocycles. The van der Waals surface area contributed by atoms with E-state index in [4.69, 9.17) is 18.0 Å². The van der Waals surface area contributed by atoms with Gasteiger partial charge in [-0.25, -0.2) is 0 Å². The number of carbonyl (C=O) groups excluding carboxylic acids is 2. The Balaban J connectivity index is 1.63. The van der Waals surface area contributed by atoms with Crippen molar-refractivity contribution >= 4 is 29.0 Å². The molecule has 1 saturated heterocycles. The highest BCUT2D eigenvalue weighted by molar-refractivity contribution is 7.80. The summed E-state index contributed by atoms with van der Waals surface area (Å²) in [6.07, 6.45) is 3.87. The van der Waals surface area contributed by atoms with Crippen LogP contribution in [0.5, 0.6) is 0 Å². The van der Waals surface area contributed by atoms with Gasteiger partial charge in [0, 0.05) is 30.3 Å². The number of hydrogen-bond acceptors (Lipinski definition) is 3. The number of benzene rings is 1. The third-order valence-corrected chi connectivity index (χ3v) is 4.66. The van der Waals surface area contributed by atoms with E-state index in [0.717, 1.165) is 31.2 Å². The predicted octanol–water partition coefficient (Wildman–Crippen LogP) is 1.45. The molecule has 0 bridgehead atoms. The van der Waals surface area contributed by atoms with Gasteiger partial charge in [0.15, 0.2) is 0 Å². The van der Waals surface area contributed by atoms with E-state index in [2.05, 4.69) is 5.32 Å². The molecule has 0 aromatic heterocycles. The summed E-state index contributed by atoms with van der Waals surface area (Å²) in [7, 11) is 0. The van der Waals surface area contributed by atoms with Gasteiger partial charge < -0.3 is 16.0 Å². The molecule has 2 fully saturated rings. The third kappa shape index (κ3) is 3.88. The third-order valence-electron chi connectivity index (χ3n) is 4.42. The molecule has 1 unspecified atom stereocenters. The van der Waals surface area contributed by atoms with Crippen LogP contribution in [0, 0.1) is 5.92 Å². The van der Waals surface area contributed by atoms with Crippen LogP contribution in [0.2, 0.25) is 0 Å². The fraction of sp³-hybridized carbons (Fsp3) is 0.471. The number of likely N-dealkylation sites (tertiary alicyclic amines) is 1. The second-order valence-electron chi connectivity index (χ2n) is 6.31. The Morgan fingerprint density at radius 3 is 2.39 bits per heavy atom. The van der Waals surface area contributed by atoms with E-state index >= 15 is 0 Å². The van der Waals surface area contributed by atoms with E-state index in [9.17, 15) is 9.59 Å². The first kappa shape index (κ1) is 15.9. The minimum atomic E-state index is -0.0933. The first-order valence-electron chi connectivity index (χ1n) is 8.04. The van der Waals surface area contributed by atoms with Crippen LogP contribution in [0.25, 0.3) is 0 Å². The Labute approximate surface area is 141 Å². The van der Waals surface area contributed by atoms with Gasteiger partial charge in [-0.1, -0.05) is 24.4 Å². The number of nitrogens with one attached hydrogen (secondary N) is 1. The fourth-order valence-corrected chi connectivity index (χ4v) is 3.02. The lowest BCUT2D eigenvalue weighted by Gasteiger charge is -2.32. The quantitative estimate of drug-likeness (QED) is 0.819. The average molecular weight is 331 g/mol. The number of nitrogens with two attached hydrogens (primary N) is 1. The number of nitrogens with zero attached hydrogens (tertiary/aromatic N) is 1. The SMILES string of the molecule is NC(=S)c1ccc(C(=O)N2CCCC(C(=O)NC3CC3)C2)cc1. The predicted molar refractivity (Wildman–Crippen MR) is 92.1 cm³/mol. The van der Waals surface area contributed by atoms with Crippen molar-refractivity contribution in [1.82, 2.24) is 10.2 Å². The highest BCUT2D eigenvalue weighted by Gasteiger charge is 2.32. The molecule has 1 atom stereocenters. The van der Waals surface area contributed by atoms with Gasteiger partial charge in [-0.2, -0.15) is 0 Å². The Bertz CT molecular complexity index is 625. The van der Waals surface area contributed by atoms with Crippen molar-refractivity contribution in [3.8, 4) is 0 Å². The molecule has 1 aromatic rings. The number of piperidine rings is 1. The van der Waals surface area contributed by atoms with Gasteiger partial charge in [0.25, 0.3) is 5.91 Å². The number of amides is 2. The lowest BCUT2D eigenvalue weighted by Crippen LogP contribution is -2.45. The maximum atomic E-state index is 12.6. The number of rotatable bonds is 4. The summed E-state index contributed by atoms with van der Waals surface area (Å²) >= 11 is 4.92. The van der Waals surface area contributed by atoms with Crippen LogP contribution in [-0.4, -0.2) is 40.8 Å². The van der Waals surface area contributed by atoms with Crippen molar-refractivity contribution < 1.29 is 9.59 Å². The molecule has 6 heteroatoms. The van der Waals surface area contributed by atoms with Crippen LogP contribution in [0.15, 0.2) is 24.3 Å². The fourth-order valence-electron chi connectivity index (χ4n) is 2.88. The zero-order chi connectivity index (χ0) is 16.4. The normalized spacial score (nSPS) is 20.9. The molecule has 122 valence electrons. The molecule has 1 aliphatic heterocycles. The molecule has 23 heavy (non-hydrogen) atoms. The van der Waals surface area contributed by atoms with Gasteiger partial charge in [0.1, 0.15) is 4.99 Å².